The normalized spacial score (nSPS) is 11.1. The van der Waals surface area contributed by atoms with Gasteiger partial charge in [-0.3, -0.25) is 24.0 Å². The number of unbranched alkanes of at least 4 members (excludes halogenated alkanes) is 40. The van der Waals surface area contributed by atoms with Gasteiger partial charge in [-0.05, 0) is 53.9 Å². The number of amides is 1. The van der Waals surface area contributed by atoms with Crippen LogP contribution in [0, 0.1) is 0 Å². The Bertz CT molecular complexity index is 1380. The second-order valence-corrected chi connectivity index (χ2v) is 26.7. The van der Waals surface area contributed by atoms with Crippen LogP contribution < -0.4 is 5.32 Å². The molecule has 13 nitrogen and oxygen atoms in total. The highest BCUT2D eigenvalue weighted by molar-refractivity contribution is 8.13. The molecule has 0 aromatic heterocycles. The molecule has 0 saturated heterocycles. The van der Waals surface area contributed by atoms with E-state index >= 15 is 0 Å². The zero-order valence-corrected chi connectivity index (χ0v) is 61.0. The summed E-state index contributed by atoms with van der Waals surface area (Å²) in [6.45, 7) is 13.8. The Morgan fingerprint density at radius 3 is 0.761 bits per heavy atom. The molecule has 0 fully saturated rings. The molecule has 0 radical (unpaired) electrons. The molecule has 0 aromatic rings. The number of carbonyl (C=O) groups excluding carboxylic acids is 5. The van der Waals surface area contributed by atoms with Gasteiger partial charge in [0.05, 0.1) is 13.1 Å². The van der Waals surface area contributed by atoms with Gasteiger partial charge in [0.25, 0.3) is 5.24 Å². The summed E-state index contributed by atoms with van der Waals surface area (Å²) in [6, 6.07) is 0. The molecule has 524 valence electrons. The van der Waals surface area contributed by atoms with Crippen molar-refractivity contribution in [2.24, 2.45) is 0 Å². The number of thioether (sulfide) groups is 1. The van der Waals surface area contributed by atoms with Crippen molar-refractivity contribution >= 4 is 53.5 Å². The van der Waals surface area contributed by atoms with Crippen molar-refractivity contribution < 1.29 is 42.9 Å². The lowest BCUT2D eigenvalue weighted by Gasteiger charge is -2.22. The first-order chi connectivity index (χ1) is 42.9. The summed E-state index contributed by atoms with van der Waals surface area (Å²) in [5, 5.41) is 3.10. The summed E-state index contributed by atoms with van der Waals surface area (Å²) in [6.07, 6.45) is 57.5. The molecule has 0 heterocycles. The highest BCUT2D eigenvalue weighted by Crippen LogP contribution is 2.17. The van der Waals surface area contributed by atoms with Crippen molar-refractivity contribution in [3.05, 3.63) is 0 Å². The first-order valence-corrected chi connectivity index (χ1v) is 38.6. The minimum absolute atomic E-state index is 0.0697. The number of nitrogens with one attached hydrogen (secondary N) is 1. The SMILES string of the molecule is CCCCCCCCCCCCCC(=O)OCCN(CCOC(=O)CCCCCCCCCCCCC)C(=O)SCCN(C)C.CCCCCCCCCCCCCC(=O)OCCNCCOC(=O)CCCCCCCCCCCCC.CN(C)CCS. The summed E-state index contributed by atoms with van der Waals surface area (Å²) in [4.78, 5) is 66.7. The van der Waals surface area contributed by atoms with Crippen molar-refractivity contribution in [3.8, 4) is 0 Å². The van der Waals surface area contributed by atoms with Crippen molar-refractivity contribution in [2.75, 3.05) is 105 Å². The number of carbonyl (C=O) groups is 5. The summed E-state index contributed by atoms with van der Waals surface area (Å²) >= 11 is 5.27. The molecule has 0 aromatic carbocycles. The van der Waals surface area contributed by atoms with Gasteiger partial charge in [0.2, 0.25) is 0 Å². The lowest BCUT2D eigenvalue weighted by molar-refractivity contribution is -0.145. The number of thiol groups is 1. The average molecular weight is 1290 g/mol. The first-order valence-electron chi connectivity index (χ1n) is 37.0. The maximum absolute atomic E-state index is 12.8. The van der Waals surface area contributed by atoms with Crippen LogP contribution in [0.2, 0.25) is 0 Å². The van der Waals surface area contributed by atoms with Gasteiger partial charge in [0, 0.05) is 63.4 Å². The number of nitrogens with zero attached hydrogens (tertiary/aromatic N) is 3. The smallest absolute Gasteiger partial charge is 0.305 e. The van der Waals surface area contributed by atoms with E-state index in [9.17, 15) is 24.0 Å². The van der Waals surface area contributed by atoms with Crippen molar-refractivity contribution in [1.29, 1.82) is 0 Å². The number of hydrogen-bond acceptors (Lipinski definition) is 14. The van der Waals surface area contributed by atoms with Gasteiger partial charge in [-0.2, -0.15) is 12.6 Å². The van der Waals surface area contributed by atoms with Crippen LogP contribution in [-0.2, 0) is 38.1 Å². The Kier molecular flexibility index (Phi) is 79.2. The monoisotopic (exact) mass is 1290 g/mol. The zero-order valence-electron chi connectivity index (χ0n) is 59.3. The minimum atomic E-state index is -0.197. The Labute approximate surface area is 554 Å². The Morgan fingerprint density at radius 1 is 0.318 bits per heavy atom. The fourth-order valence-corrected chi connectivity index (χ4v) is 11.5. The van der Waals surface area contributed by atoms with Crippen LogP contribution in [0.5, 0.6) is 0 Å². The van der Waals surface area contributed by atoms with Crippen LogP contribution >= 0.6 is 24.4 Å². The predicted octanol–water partition coefficient (Wildman–Crippen LogP) is 19.7. The third kappa shape index (κ3) is 80.0. The van der Waals surface area contributed by atoms with Gasteiger partial charge in [-0.25, -0.2) is 0 Å². The summed E-state index contributed by atoms with van der Waals surface area (Å²) in [7, 11) is 8.03. The largest absolute Gasteiger partial charge is 0.464 e. The third-order valence-corrected chi connectivity index (χ3v) is 16.9. The number of hydrogen-bond donors (Lipinski definition) is 2. The van der Waals surface area contributed by atoms with Crippen LogP contribution in [0.15, 0.2) is 0 Å². The van der Waals surface area contributed by atoms with E-state index in [0.29, 0.717) is 70.8 Å². The molecule has 15 heteroatoms. The van der Waals surface area contributed by atoms with Crippen LogP contribution in [-0.4, -0.2) is 149 Å². The van der Waals surface area contributed by atoms with Gasteiger partial charge in [-0.15, -0.1) is 0 Å². The minimum Gasteiger partial charge on any atom is -0.464 e. The van der Waals surface area contributed by atoms with Gasteiger partial charge < -0.3 is 39.0 Å². The summed E-state index contributed by atoms with van der Waals surface area (Å²) in [5.74, 6) is 1.04. The standard InChI is InChI=1S/C37H72N2O5S.C32H63NO4.C4H11NS/c1-5-7-9-11-13-15-17-19-21-23-25-27-35(40)43-32-29-39(37(42)45-34-31-38(3)4)30-33-44-36(41)28-26-24-22-20-18-16-14-12-10-8-6-2;1-3-5-7-9-11-13-15-17-19-21-23-25-31(34)36-29-27-33-28-30-37-32(35)26-24-22-20-18-16-14-12-10-8-6-4-2;1-5(2)3-4-6/h5-34H2,1-4H3;33H,3-30H2,1-2H3;6H,3-4H2,1-2H3. The van der Waals surface area contributed by atoms with Gasteiger partial charge in [0.1, 0.15) is 26.4 Å². The molecule has 0 bridgehead atoms. The Morgan fingerprint density at radius 2 is 0.545 bits per heavy atom. The van der Waals surface area contributed by atoms with Gasteiger partial charge >= 0.3 is 23.9 Å². The molecule has 0 rings (SSSR count). The average Bonchev–Trinajstić information content (AvgIpc) is 3.68. The molecule has 0 atom stereocenters. The van der Waals surface area contributed by atoms with Gasteiger partial charge in [-0.1, -0.05) is 296 Å². The molecule has 1 amide bonds. The third-order valence-electron chi connectivity index (χ3n) is 15.8. The van der Waals surface area contributed by atoms with E-state index in [4.69, 9.17) is 18.9 Å². The highest BCUT2D eigenvalue weighted by Gasteiger charge is 2.17. The maximum atomic E-state index is 12.8. The van der Waals surface area contributed by atoms with E-state index in [1.807, 2.05) is 33.1 Å². The highest BCUT2D eigenvalue weighted by atomic mass is 32.2. The number of rotatable bonds is 65. The molecule has 0 saturated carbocycles. The zero-order chi connectivity index (χ0) is 65.3. The second-order valence-electron chi connectivity index (χ2n) is 25.2. The van der Waals surface area contributed by atoms with Crippen LogP contribution in [0.1, 0.15) is 336 Å². The molecule has 0 unspecified atom stereocenters. The molecule has 1 N–H and O–H groups in total. The van der Waals surface area contributed by atoms with E-state index in [1.54, 1.807) is 4.90 Å². The molecule has 0 spiro atoms. The fourth-order valence-electron chi connectivity index (χ4n) is 10.1. The molecular weight excluding hydrogens is 1140 g/mol. The molecule has 0 aliphatic heterocycles. The van der Waals surface area contributed by atoms with Crippen molar-refractivity contribution in [1.82, 2.24) is 20.0 Å². The number of ether oxygens (including phenoxy) is 4. The second kappa shape index (κ2) is 77.4. The van der Waals surface area contributed by atoms with Gasteiger partial charge in [0.15, 0.2) is 0 Å². The molecule has 0 aliphatic carbocycles. The molecule has 88 heavy (non-hydrogen) atoms. The van der Waals surface area contributed by atoms with Crippen LogP contribution in [0.3, 0.4) is 0 Å². The van der Waals surface area contributed by atoms with E-state index in [1.165, 1.54) is 243 Å². The Balaban J connectivity index is -0.00000152. The van der Waals surface area contributed by atoms with Crippen molar-refractivity contribution in [3.63, 3.8) is 0 Å². The lowest BCUT2D eigenvalue weighted by Crippen LogP contribution is -2.35. The van der Waals surface area contributed by atoms with Crippen molar-refractivity contribution in [2.45, 2.75) is 336 Å². The lowest BCUT2D eigenvalue weighted by atomic mass is 10.1. The predicted molar refractivity (Wildman–Crippen MR) is 381 cm³/mol. The quantitative estimate of drug-likeness (QED) is 0.0258. The van der Waals surface area contributed by atoms with E-state index in [-0.39, 0.29) is 42.3 Å². The Hall–Kier alpha value is -2.07. The van der Waals surface area contributed by atoms with E-state index < -0.39 is 0 Å². The maximum Gasteiger partial charge on any atom is 0.305 e. The first kappa shape index (κ1) is 90.1. The summed E-state index contributed by atoms with van der Waals surface area (Å²) in [5.41, 5.74) is 0. The molecular formula is C73H146N4O9S2. The summed E-state index contributed by atoms with van der Waals surface area (Å²) < 4.78 is 21.4. The van der Waals surface area contributed by atoms with E-state index in [2.05, 4.69) is 50.5 Å². The van der Waals surface area contributed by atoms with E-state index in [0.717, 1.165) is 70.2 Å². The van der Waals surface area contributed by atoms with Crippen LogP contribution in [0.25, 0.3) is 0 Å². The van der Waals surface area contributed by atoms with Crippen LogP contribution in [0.4, 0.5) is 4.79 Å². The number of esters is 4. The molecule has 0 aliphatic rings. The topological polar surface area (TPSA) is 144 Å². The fraction of sp³-hybridized carbons (Fsp3) is 0.932.